The zero-order valence-electron chi connectivity index (χ0n) is 12.2. The molecule has 2 N–H and O–H groups in total. The van der Waals surface area contributed by atoms with Crippen LogP contribution in [0.15, 0.2) is 43.0 Å². The van der Waals surface area contributed by atoms with Crippen LogP contribution in [0.3, 0.4) is 0 Å². The van der Waals surface area contributed by atoms with Crippen molar-refractivity contribution >= 4 is 5.69 Å². The molecule has 108 valence electrons. The van der Waals surface area contributed by atoms with E-state index in [9.17, 15) is 0 Å². The van der Waals surface area contributed by atoms with Gasteiger partial charge in [0, 0.05) is 37.7 Å². The molecule has 0 bridgehead atoms. The molecule has 0 amide bonds. The summed E-state index contributed by atoms with van der Waals surface area (Å²) in [4.78, 5) is 6.50. The second kappa shape index (κ2) is 7.70. The van der Waals surface area contributed by atoms with E-state index in [2.05, 4.69) is 45.6 Å². The Morgan fingerprint density at radius 3 is 2.80 bits per heavy atom. The standard InChI is InChI=1S/C16H24N4/c1-15-5-2-6-16(13-15)20(10-3-7-17)11-4-9-19-12-8-18-14-19/h2,5-6,8,12-14H,3-4,7,9-11,17H2,1H3. The summed E-state index contributed by atoms with van der Waals surface area (Å²) < 4.78 is 2.12. The van der Waals surface area contributed by atoms with Crippen molar-refractivity contribution in [3.05, 3.63) is 48.5 Å². The molecule has 4 nitrogen and oxygen atoms in total. The molecule has 0 aliphatic carbocycles. The van der Waals surface area contributed by atoms with Crippen molar-refractivity contribution in [3.8, 4) is 0 Å². The molecule has 20 heavy (non-hydrogen) atoms. The van der Waals surface area contributed by atoms with Gasteiger partial charge in [-0.3, -0.25) is 0 Å². The minimum absolute atomic E-state index is 0.740. The van der Waals surface area contributed by atoms with Crippen molar-refractivity contribution in [3.63, 3.8) is 0 Å². The van der Waals surface area contributed by atoms with E-state index in [1.807, 2.05) is 18.7 Å². The summed E-state index contributed by atoms with van der Waals surface area (Å²) in [5.41, 5.74) is 8.25. The first-order valence-corrected chi connectivity index (χ1v) is 7.27. The second-order valence-corrected chi connectivity index (χ2v) is 5.12. The summed E-state index contributed by atoms with van der Waals surface area (Å²) in [5, 5.41) is 0. The normalized spacial score (nSPS) is 10.7. The lowest BCUT2D eigenvalue weighted by molar-refractivity contribution is 0.615. The molecule has 0 fully saturated rings. The Morgan fingerprint density at radius 1 is 1.25 bits per heavy atom. The summed E-state index contributed by atoms with van der Waals surface area (Å²) in [5.74, 6) is 0. The van der Waals surface area contributed by atoms with E-state index in [1.165, 1.54) is 11.3 Å². The molecule has 0 aliphatic heterocycles. The highest BCUT2D eigenvalue weighted by Crippen LogP contribution is 2.16. The first-order valence-electron chi connectivity index (χ1n) is 7.27. The van der Waals surface area contributed by atoms with Gasteiger partial charge >= 0.3 is 0 Å². The third kappa shape index (κ3) is 4.38. The molecule has 4 heteroatoms. The zero-order valence-corrected chi connectivity index (χ0v) is 12.2. The van der Waals surface area contributed by atoms with Crippen LogP contribution < -0.4 is 10.6 Å². The molecule has 0 radical (unpaired) electrons. The fraction of sp³-hybridized carbons (Fsp3) is 0.438. The number of aryl methyl sites for hydroxylation is 2. The molecule has 1 aromatic carbocycles. The molecule has 0 aliphatic rings. The van der Waals surface area contributed by atoms with Crippen LogP contribution in [-0.2, 0) is 6.54 Å². The summed E-state index contributed by atoms with van der Waals surface area (Å²) in [6, 6.07) is 8.68. The number of imidazole rings is 1. The quantitative estimate of drug-likeness (QED) is 0.803. The van der Waals surface area contributed by atoms with Gasteiger partial charge in [-0.25, -0.2) is 4.98 Å². The Kier molecular flexibility index (Phi) is 5.62. The minimum Gasteiger partial charge on any atom is -0.371 e. The number of hydrogen-bond acceptors (Lipinski definition) is 3. The molecule has 0 saturated carbocycles. The SMILES string of the molecule is Cc1cccc(N(CCCN)CCCn2ccnc2)c1. The first kappa shape index (κ1) is 14.6. The van der Waals surface area contributed by atoms with Crippen molar-refractivity contribution in [1.29, 1.82) is 0 Å². The molecule has 1 aromatic heterocycles. The average molecular weight is 272 g/mol. The van der Waals surface area contributed by atoms with Crippen LogP contribution in [0.1, 0.15) is 18.4 Å². The Labute approximate surface area is 121 Å². The summed E-state index contributed by atoms with van der Waals surface area (Å²) in [7, 11) is 0. The van der Waals surface area contributed by atoms with Gasteiger partial charge in [0.25, 0.3) is 0 Å². The van der Waals surface area contributed by atoms with Crippen LogP contribution in [0, 0.1) is 6.92 Å². The predicted octanol–water partition coefficient (Wildman–Crippen LogP) is 2.44. The van der Waals surface area contributed by atoms with E-state index >= 15 is 0 Å². The van der Waals surface area contributed by atoms with E-state index in [0.717, 1.165) is 39.0 Å². The number of benzene rings is 1. The maximum absolute atomic E-state index is 5.65. The summed E-state index contributed by atoms with van der Waals surface area (Å²) in [6.07, 6.45) is 7.84. The fourth-order valence-electron chi connectivity index (χ4n) is 2.34. The molecule has 0 saturated heterocycles. The van der Waals surface area contributed by atoms with E-state index in [0.29, 0.717) is 0 Å². The largest absolute Gasteiger partial charge is 0.371 e. The predicted molar refractivity (Wildman–Crippen MR) is 83.9 cm³/mol. The number of hydrogen-bond donors (Lipinski definition) is 1. The number of anilines is 1. The number of rotatable bonds is 8. The number of nitrogens with two attached hydrogens (primary N) is 1. The highest BCUT2D eigenvalue weighted by atomic mass is 15.1. The summed E-state index contributed by atoms with van der Waals surface area (Å²) in [6.45, 7) is 5.94. The van der Waals surface area contributed by atoms with Gasteiger partial charge in [-0.2, -0.15) is 0 Å². The van der Waals surface area contributed by atoms with Crippen LogP contribution in [-0.4, -0.2) is 29.2 Å². The zero-order chi connectivity index (χ0) is 14.2. The molecule has 1 heterocycles. The van der Waals surface area contributed by atoms with E-state index < -0.39 is 0 Å². The summed E-state index contributed by atoms with van der Waals surface area (Å²) >= 11 is 0. The molecular weight excluding hydrogens is 248 g/mol. The van der Waals surface area contributed by atoms with E-state index in [4.69, 9.17) is 5.73 Å². The van der Waals surface area contributed by atoms with E-state index in [-0.39, 0.29) is 0 Å². The smallest absolute Gasteiger partial charge is 0.0945 e. The molecular formula is C16H24N4. The Bertz CT molecular complexity index is 493. The monoisotopic (exact) mass is 272 g/mol. The van der Waals surface area contributed by atoms with Crippen LogP contribution in [0.5, 0.6) is 0 Å². The Balaban J connectivity index is 1.92. The van der Waals surface area contributed by atoms with Crippen LogP contribution >= 0.6 is 0 Å². The highest BCUT2D eigenvalue weighted by Gasteiger charge is 2.06. The van der Waals surface area contributed by atoms with Crippen molar-refractivity contribution in [2.45, 2.75) is 26.3 Å². The van der Waals surface area contributed by atoms with Gasteiger partial charge in [0.05, 0.1) is 6.33 Å². The Hall–Kier alpha value is -1.81. The lowest BCUT2D eigenvalue weighted by atomic mass is 10.2. The first-order chi connectivity index (χ1) is 9.79. The van der Waals surface area contributed by atoms with Gasteiger partial charge in [-0.05, 0) is 44.0 Å². The molecule has 0 atom stereocenters. The maximum Gasteiger partial charge on any atom is 0.0945 e. The number of nitrogens with zero attached hydrogens (tertiary/aromatic N) is 3. The van der Waals surface area contributed by atoms with Gasteiger partial charge in [-0.15, -0.1) is 0 Å². The number of aromatic nitrogens is 2. The van der Waals surface area contributed by atoms with Gasteiger partial charge in [0.1, 0.15) is 0 Å². The molecule has 0 spiro atoms. The van der Waals surface area contributed by atoms with E-state index in [1.54, 1.807) is 0 Å². The van der Waals surface area contributed by atoms with Crippen molar-refractivity contribution in [2.75, 3.05) is 24.5 Å². The van der Waals surface area contributed by atoms with Crippen molar-refractivity contribution in [2.24, 2.45) is 5.73 Å². The lowest BCUT2D eigenvalue weighted by Gasteiger charge is -2.25. The third-order valence-electron chi connectivity index (χ3n) is 3.40. The van der Waals surface area contributed by atoms with Gasteiger partial charge in [0.2, 0.25) is 0 Å². The topological polar surface area (TPSA) is 47.1 Å². The third-order valence-corrected chi connectivity index (χ3v) is 3.40. The van der Waals surface area contributed by atoms with Crippen LogP contribution in [0.2, 0.25) is 0 Å². The van der Waals surface area contributed by atoms with Crippen LogP contribution in [0.25, 0.3) is 0 Å². The van der Waals surface area contributed by atoms with Gasteiger partial charge < -0.3 is 15.2 Å². The van der Waals surface area contributed by atoms with Gasteiger partial charge in [-0.1, -0.05) is 12.1 Å². The Morgan fingerprint density at radius 2 is 2.10 bits per heavy atom. The lowest BCUT2D eigenvalue weighted by Crippen LogP contribution is -2.28. The molecule has 0 unspecified atom stereocenters. The molecule has 2 aromatic rings. The fourth-order valence-corrected chi connectivity index (χ4v) is 2.34. The maximum atomic E-state index is 5.65. The second-order valence-electron chi connectivity index (χ2n) is 5.12. The van der Waals surface area contributed by atoms with Crippen molar-refractivity contribution < 1.29 is 0 Å². The highest BCUT2D eigenvalue weighted by molar-refractivity contribution is 5.48. The van der Waals surface area contributed by atoms with Gasteiger partial charge in [0.15, 0.2) is 0 Å². The van der Waals surface area contributed by atoms with Crippen LogP contribution in [0.4, 0.5) is 5.69 Å². The van der Waals surface area contributed by atoms with Crippen molar-refractivity contribution in [1.82, 2.24) is 9.55 Å². The average Bonchev–Trinajstić information content (AvgIpc) is 2.96. The molecule has 2 rings (SSSR count). The minimum atomic E-state index is 0.740.